The molecule has 1 unspecified atom stereocenters. The standard InChI is InChI=1S/C25H33N5O5S/c1-17-26-15-23(35-17)25-28-20-14-22(34-11-6-10-30-8-3-4-9-30)21(33-2)13-19(20)24(29-25)27-18-7-5-12-36(31,32)16-18/h13-15,18H,3-12,16H2,1-2H3,(H,27,28,29). The molecule has 1 N–H and O–H groups in total. The molecule has 0 spiro atoms. The quantitative estimate of drug-likeness (QED) is 0.424. The predicted octanol–water partition coefficient (Wildman–Crippen LogP) is 3.46. The molecule has 2 aliphatic rings. The molecule has 0 radical (unpaired) electrons. The summed E-state index contributed by atoms with van der Waals surface area (Å²) in [4.78, 5) is 16.1. The molecular weight excluding hydrogens is 482 g/mol. The fourth-order valence-electron chi connectivity index (χ4n) is 4.90. The van der Waals surface area contributed by atoms with Gasteiger partial charge in [-0.25, -0.2) is 23.4 Å². The number of rotatable bonds is 9. The lowest BCUT2D eigenvalue weighted by Gasteiger charge is -2.24. The molecule has 2 saturated heterocycles. The van der Waals surface area contributed by atoms with E-state index in [-0.39, 0.29) is 17.5 Å². The van der Waals surface area contributed by atoms with Gasteiger partial charge in [-0.15, -0.1) is 0 Å². The average Bonchev–Trinajstić information content (AvgIpc) is 3.52. The third kappa shape index (κ3) is 5.73. The zero-order valence-electron chi connectivity index (χ0n) is 20.8. The van der Waals surface area contributed by atoms with Crippen molar-refractivity contribution in [3.63, 3.8) is 0 Å². The number of nitrogens with zero attached hydrogens (tertiary/aromatic N) is 4. The maximum absolute atomic E-state index is 12.2. The van der Waals surface area contributed by atoms with Crippen LogP contribution in [0.15, 0.2) is 22.7 Å². The van der Waals surface area contributed by atoms with Crippen molar-refractivity contribution >= 4 is 26.6 Å². The van der Waals surface area contributed by atoms with Gasteiger partial charge in [0, 0.05) is 31.0 Å². The molecule has 2 fully saturated rings. The van der Waals surface area contributed by atoms with Gasteiger partial charge in [0.2, 0.25) is 0 Å². The number of methoxy groups -OCH3 is 1. The number of ether oxygens (including phenoxy) is 2. The number of sulfone groups is 1. The van der Waals surface area contributed by atoms with Crippen molar-refractivity contribution in [3.05, 3.63) is 24.2 Å². The summed E-state index contributed by atoms with van der Waals surface area (Å²) in [5, 5.41) is 4.08. The van der Waals surface area contributed by atoms with Gasteiger partial charge in [0.25, 0.3) is 0 Å². The maximum atomic E-state index is 12.2. The van der Waals surface area contributed by atoms with E-state index in [0.717, 1.165) is 37.9 Å². The Kier molecular flexibility index (Phi) is 7.29. The normalized spacial score (nSPS) is 20.0. The molecule has 2 aromatic heterocycles. The minimum atomic E-state index is -3.09. The molecule has 1 atom stereocenters. The third-order valence-corrected chi connectivity index (χ3v) is 8.52. The Balaban J connectivity index is 1.45. The predicted molar refractivity (Wildman–Crippen MR) is 137 cm³/mol. The van der Waals surface area contributed by atoms with Gasteiger partial charge in [-0.05, 0) is 51.3 Å². The Morgan fingerprint density at radius 3 is 2.72 bits per heavy atom. The number of aromatic nitrogens is 3. The fourth-order valence-corrected chi connectivity index (χ4v) is 6.54. The second-order valence-corrected chi connectivity index (χ2v) is 11.7. The van der Waals surface area contributed by atoms with E-state index >= 15 is 0 Å². The van der Waals surface area contributed by atoms with Crippen LogP contribution in [-0.2, 0) is 9.84 Å². The smallest absolute Gasteiger partial charge is 0.199 e. The number of hydrogen-bond acceptors (Lipinski definition) is 10. The summed E-state index contributed by atoms with van der Waals surface area (Å²) >= 11 is 0. The van der Waals surface area contributed by atoms with Crippen molar-refractivity contribution in [1.29, 1.82) is 0 Å². The van der Waals surface area contributed by atoms with Crippen molar-refractivity contribution in [2.45, 2.75) is 45.1 Å². The Morgan fingerprint density at radius 1 is 1.17 bits per heavy atom. The molecule has 0 bridgehead atoms. The second-order valence-electron chi connectivity index (χ2n) is 9.51. The van der Waals surface area contributed by atoms with Crippen molar-refractivity contribution in [2.24, 2.45) is 0 Å². The lowest BCUT2D eigenvalue weighted by Crippen LogP contribution is -2.35. The van der Waals surface area contributed by atoms with Crippen molar-refractivity contribution in [1.82, 2.24) is 19.9 Å². The van der Waals surface area contributed by atoms with E-state index in [2.05, 4.69) is 15.2 Å². The number of nitrogens with one attached hydrogen (secondary N) is 1. The first-order valence-electron chi connectivity index (χ1n) is 12.5. The Morgan fingerprint density at radius 2 is 2.00 bits per heavy atom. The molecular formula is C25H33N5O5S. The Labute approximate surface area is 211 Å². The van der Waals surface area contributed by atoms with Crippen LogP contribution >= 0.6 is 0 Å². The van der Waals surface area contributed by atoms with Crippen molar-refractivity contribution in [2.75, 3.05) is 50.2 Å². The first-order valence-corrected chi connectivity index (χ1v) is 14.4. The molecule has 0 aliphatic carbocycles. The summed E-state index contributed by atoms with van der Waals surface area (Å²) in [7, 11) is -1.48. The van der Waals surface area contributed by atoms with E-state index in [1.807, 2.05) is 12.1 Å². The summed E-state index contributed by atoms with van der Waals surface area (Å²) < 4.78 is 41.9. The monoisotopic (exact) mass is 515 g/mol. The highest BCUT2D eigenvalue weighted by Gasteiger charge is 2.26. The molecule has 36 heavy (non-hydrogen) atoms. The number of likely N-dealkylation sites (tertiary alicyclic amines) is 1. The lowest BCUT2D eigenvalue weighted by atomic mass is 10.1. The molecule has 4 heterocycles. The van der Waals surface area contributed by atoms with Gasteiger partial charge >= 0.3 is 0 Å². The third-order valence-electron chi connectivity index (χ3n) is 6.70. The van der Waals surface area contributed by atoms with Crippen LogP contribution in [0.2, 0.25) is 0 Å². The minimum absolute atomic E-state index is 0.0740. The van der Waals surface area contributed by atoms with Crippen LogP contribution in [0.1, 0.15) is 38.0 Å². The molecule has 0 saturated carbocycles. The molecule has 3 aromatic rings. The highest BCUT2D eigenvalue weighted by molar-refractivity contribution is 7.91. The van der Waals surface area contributed by atoms with Crippen LogP contribution in [0.5, 0.6) is 11.5 Å². The number of anilines is 1. The number of oxazole rings is 1. The van der Waals surface area contributed by atoms with Gasteiger partial charge in [0.15, 0.2) is 38.8 Å². The summed E-state index contributed by atoms with van der Waals surface area (Å²) in [6, 6.07) is 3.46. The van der Waals surface area contributed by atoms with Gasteiger partial charge in [0.1, 0.15) is 5.82 Å². The molecule has 10 nitrogen and oxygen atoms in total. The number of fused-ring (bicyclic) bond motifs is 1. The zero-order valence-corrected chi connectivity index (χ0v) is 21.6. The molecule has 11 heteroatoms. The lowest BCUT2D eigenvalue weighted by molar-refractivity contribution is 0.254. The van der Waals surface area contributed by atoms with Gasteiger partial charge in [-0.1, -0.05) is 0 Å². The van der Waals surface area contributed by atoms with E-state index < -0.39 is 9.84 Å². The highest BCUT2D eigenvalue weighted by atomic mass is 32.2. The molecule has 2 aliphatic heterocycles. The zero-order chi connectivity index (χ0) is 25.1. The first-order chi connectivity index (χ1) is 17.4. The highest BCUT2D eigenvalue weighted by Crippen LogP contribution is 2.36. The van der Waals surface area contributed by atoms with E-state index in [1.54, 1.807) is 20.2 Å². The molecule has 5 rings (SSSR count). The van der Waals surface area contributed by atoms with Crippen LogP contribution in [0.25, 0.3) is 22.5 Å². The van der Waals surface area contributed by atoms with E-state index in [4.69, 9.17) is 23.9 Å². The van der Waals surface area contributed by atoms with E-state index in [9.17, 15) is 8.42 Å². The van der Waals surface area contributed by atoms with Gasteiger partial charge < -0.3 is 24.1 Å². The Hall–Kier alpha value is -2.92. The van der Waals surface area contributed by atoms with Gasteiger partial charge in [0.05, 0.1) is 36.9 Å². The number of hydrogen-bond donors (Lipinski definition) is 1. The van der Waals surface area contributed by atoms with E-state index in [1.165, 1.54) is 12.8 Å². The SMILES string of the molecule is COc1cc2c(NC3CCCS(=O)(=O)C3)nc(-c3cnc(C)o3)nc2cc1OCCCN1CCCC1. The number of benzene rings is 1. The summed E-state index contributed by atoms with van der Waals surface area (Å²) in [5.74, 6) is 3.34. The van der Waals surface area contributed by atoms with Crippen LogP contribution in [-0.4, -0.2) is 79.2 Å². The van der Waals surface area contributed by atoms with Gasteiger partial charge in [-0.3, -0.25) is 0 Å². The fraction of sp³-hybridized carbons (Fsp3) is 0.560. The first kappa shape index (κ1) is 24.8. The second kappa shape index (κ2) is 10.6. The summed E-state index contributed by atoms with van der Waals surface area (Å²) in [6.07, 6.45) is 6.43. The summed E-state index contributed by atoms with van der Waals surface area (Å²) in [5.41, 5.74) is 0.644. The van der Waals surface area contributed by atoms with Crippen LogP contribution in [0.3, 0.4) is 0 Å². The number of aryl methyl sites for hydroxylation is 1. The maximum Gasteiger partial charge on any atom is 0.199 e. The molecule has 1 aromatic carbocycles. The topological polar surface area (TPSA) is 120 Å². The van der Waals surface area contributed by atoms with Crippen LogP contribution in [0.4, 0.5) is 5.82 Å². The van der Waals surface area contributed by atoms with Crippen LogP contribution < -0.4 is 14.8 Å². The molecule has 0 amide bonds. The summed E-state index contributed by atoms with van der Waals surface area (Å²) in [6.45, 7) is 5.68. The van der Waals surface area contributed by atoms with Crippen molar-refractivity contribution < 1.29 is 22.3 Å². The molecule has 194 valence electrons. The van der Waals surface area contributed by atoms with Crippen LogP contribution in [0, 0.1) is 6.92 Å². The van der Waals surface area contributed by atoms with Crippen molar-refractivity contribution in [3.8, 4) is 23.1 Å². The Bertz CT molecular complexity index is 1320. The van der Waals surface area contributed by atoms with Gasteiger partial charge in [-0.2, -0.15) is 0 Å². The minimum Gasteiger partial charge on any atom is -0.493 e. The van der Waals surface area contributed by atoms with E-state index in [0.29, 0.717) is 53.3 Å². The average molecular weight is 516 g/mol. The largest absolute Gasteiger partial charge is 0.493 e.